The maximum absolute atomic E-state index is 12.2. The van der Waals surface area contributed by atoms with Crippen LogP contribution >= 0.6 is 23.1 Å². The Morgan fingerprint density at radius 2 is 1.92 bits per heavy atom. The van der Waals surface area contributed by atoms with Crippen LogP contribution in [-0.4, -0.2) is 27.8 Å². The van der Waals surface area contributed by atoms with Gasteiger partial charge in [0.15, 0.2) is 5.69 Å². The van der Waals surface area contributed by atoms with Gasteiger partial charge in [-0.05, 0) is 17.5 Å². The van der Waals surface area contributed by atoms with Gasteiger partial charge in [-0.2, -0.15) is 5.10 Å². The number of aromatic nitrogens is 2. The number of hydrogen-bond donors (Lipinski definition) is 3. The molecule has 0 aliphatic heterocycles. The summed E-state index contributed by atoms with van der Waals surface area (Å²) < 4.78 is 0. The summed E-state index contributed by atoms with van der Waals surface area (Å²) in [7, 11) is 0. The molecule has 25 heavy (non-hydrogen) atoms. The first kappa shape index (κ1) is 17.2. The van der Waals surface area contributed by atoms with E-state index in [0.717, 1.165) is 5.75 Å². The summed E-state index contributed by atoms with van der Waals surface area (Å²) in [6.07, 6.45) is 0. The number of thioether (sulfide) groups is 1. The molecule has 0 fully saturated rings. The quantitative estimate of drug-likeness (QED) is 0.590. The van der Waals surface area contributed by atoms with Gasteiger partial charge in [-0.3, -0.25) is 25.2 Å². The lowest BCUT2D eigenvalue weighted by atomic mass is 10.1. The molecule has 0 atom stereocenters. The lowest BCUT2D eigenvalue weighted by Crippen LogP contribution is -2.43. The highest BCUT2D eigenvalue weighted by molar-refractivity contribution is 7.99. The van der Waals surface area contributed by atoms with Crippen molar-refractivity contribution in [1.29, 1.82) is 0 Å². The standard InChI is InChI=1S/C16H14N4O3S2/c21-13(9-24-8-10-4-3-7-25-10)17-20-16(23)14-11-5-1-2-6-12(11)15(22)19-18-14/h1-7H,8-9H2,(H,17,21)(H,19,22)(H,20,23). The van der Waals surface area contributed by atoms with Crippen molar-refractivity contribution < 1.29 is 9.59 Å². The maximum Gasteiger partial charge on any atom is 0.290 e. The van der Waals surface area contributed by atoms with Gasteiger partial charge < -0.3 is 0 Å². The second-order valence-electron chi connectivity index (χ2n) is 5.02. The third kappa shape index (κ3) is 4.25. The fourth-order valence-corrected chi connectivity index (χ4v) is 3.82. The summed E-state index contributed by atoms with van der Waals surface area (Å²) in [6, 6.07) is 10.6. The average molecular weight is 374 g/mol. The summed E-state index contributed by atoms with van der Waals surface area (Å²) in [5, 5.41) is 8.82. The topological polar surface area (TPSA) is 104 Å². The number of carbonyl (C=O) groups is 2. The fourth-order valence-electron chi connectivity index (χ4n) is 2.15. The summed E-state index contributed by atoms with van der Waals surface area (Å²) in [5.74, 6) is 0.0519. The van der Waals surface area contributed by atoms with Crippen molar-refractivity contribution >= 4 is 45.7 Å². The number of fused-ring (bicyclic) bond motifs is 1. The van der Waals surface area contributed by atoms with Crippen LogP contribution in [0, 0.1) is 0 Å². The molecule has 1 aromatic carbocycles. The lowest BCUT2D eigenvalue weighted by molar-refractivity contribution is -0.119. The van der Waals surface area contributed by atoms with Crippen LogP contribution in [0.3, 0.4) is 0 Å². The smallest absolute Gasteiger partial charge is 0.272 e. The van der Waals surface area contributed by atoms with E-state index in [-0.39, 0.29) is 22.9 Å². The van der Waals surface area contributed by atoms with E-state index in [0.29, 0.717) is 10.8 Å². The van der Waals surface area contributed by atoms with Gasteiger partial charge in [-0.1, -0.05) is 24.3 Å². The molecule has 0 unspecified atom stereocenters. The zero-order valence-electron chi connectivity index (χ0n) is 12.9. The van der Waals surface area contributed by atoms with Crippen molar-refractivity contribution in [3.8, 4) is 0 Å². The van der Waals surface area contributed by atoms with Crippen LogP contribution in [0.4, 0.5) is 0 Å². The number of thiophene rings is 1. The largest absolute Gasteiger partial charge is 0.290 e. The molecule has 3 aromatic rings. The molecule has 0 bridgehead atoms. The molecule has 128 valence electrons. The van der Waals surface area contributed by atoms with Crippen LogP contribution in [0.15, 0.2) is 46.6 Å². The average Bonchev–Trinajstić information content (AvgIpc) is 3.14. The molecule has 0 radical (unpaired) electrons. The van der Waals surface area contributed by atoms with E-state index in [1.165, 1.54) is 16.6 Å². The fraction of sp³-hybridized carbons (Fsp3) is 0.125. The molecule has 3 rings (SSSR count). The molecular formula is C16H14N4O3S2. The Morgan fingerprint density at radius 3 is 2.68 bits per heavy atom. The molecule has 2 heterocycles. The Balaban J connectivity index is 1.57. The van der Waals surface area contributed by atoms with Gasteiger partial charge in [0.25, 0.3) is 11.5 Å². The van der Waals surface area contributed by atoms with Gasteiger partial charge in [-0.25, -0.2) is 5.10 Å². The number of hydrazine groups is 1. The van der Waals surface area contributed by atoms with Gasteiger partial charge in [0.1, 0.15) is 0 Å². The molecule has 3 N–H and O–H groups in total. The highest BCUT2D eigenvalue weighted by Crippen LogP contribution is 2.16. The predicted molar refractivity (Wildman–Crippen MR) is 98.5 cm³/mol. The molecular weight excluding hydrogens is 360 g/mol. The molecule has 0 aliphatic carbocycles. The van der Waals surface area contributed by atoms with Crippen LogP contribution in [0.5, 0.6) is 0 Å². The van der Waals surface area contributed by atoms with E-state index in [2.05, 4.69) is 21.0 Å². The van der Waals surface area contributed by atoms with Crippen LogP contribution in [0.1, 0.15) is 15.4 Å². The minimum Gasteiger partial charge on any atom is -0.272 e. The number of hydrogen-bond acceptors (Lipinski definition) is 6. The van der Waals surface area contributed by atoms with Crippen LogP contribution < -0.4 is 16.4 Å². The number of rotatable bonds is 5. The number of aromatic amines is 1. The summed E-state index contributed by atoms with van der Waals surface area (Å²) in [4.78, 5) is 36.9. The van der Waals surface area contributed by atoms with Gasteiger partial charge in [0.05, 0.1) is 11.1 Å². The first-order chi connectivity index (χ1) is 12.1. The molecule has 2 aromatic heterocycles. The van der Waals surface area contributed by atoms with E-state index < -0.39 is 5.91 Å². The Bertz CT molecular complexity index is 953. The van der Waals surface area contributed by atoms with Crippen molar-refractivity contribution in [3.05, 3.63) is 62.7 Å². The second-order valence-corrected chi connectivity index (χ2v) is 7.04. The number of nitrogens with one attached hydrogen (secondary N) is 3. The van der Waals surface area contributed by atoms with Crippen molar-refractivity contribution in [2.45, 2.75) is 5.75 Å². The van der Waals surface area contributed by atoms with Gasteiger partial charge in [0.2, 0.25) is 5.91 Å². The third-order valence-electron chi connectivity index (χ3n) is 3.28. The van der Waals surface area contributed by atoms with Gasteiger partial charge >= 0.3 is 0 Å². The van der Waals surface area contributed by atoms with E-state index in [4.69, 9.17) is 0 Å². The number of amides is 2. The van der Waals surface area contributed by atoms with Crippen LogP contribution in [-0.2, 0) is 10.5 Å². The highest BCUT2D eigenvalue weighted by atomic mass is 32.2. The monoisotopic (exact) mass is 374 g/mol. The van der Waals surface area contributed by atoms with Crippen molar-refractivity contribution in [1.82, 2.24) is 21.0 Å². The lowest BCUT2D eigenvalue weighted by Gasteiger charge is -2.08. The minimum atomic E-state index is -0.593. The maximum atomic E-state index is 12.2. The summed E-state index contributed by atoms with van der Waals surface area (Å²) in [5.41, 5.74) is 4.34. The van der Waals surface area contributed by atoms with E-state index in [1.54, 1.807) is 35.6 Å². The predicted octanol–water partition coefficient (Wildman–Crippen LogP) is 1.68. The van der Waals surface area contributed by atoms with Crippen LogP contribution in [0.2, 0.25) is 0 Å². The first-order valence-electron chi connectivity index (χ1n) is 7.32. The van der Waals surface area contributed by atoms with E-state index >= 15 is 0 Å². The number of H-pyrrole nitrogens is 1. The number of nitrogens with zero attached hydrogens (tertiary/aromatic N) is 1. The zero-order valence-corrected chi connectivity index (χ0v) is 14.6. The number of benzene rings is 1. The second kappa shape index (κ2) is 7.95. The van der Waals surface area contributed by atoms with E-state index in [1.807, 2.05) is 17.5 Å². The number of carbonyl (C=O) groups excluding carboxylic acids is 2. The summed E-state index contributed by atoms with van der Waals surface area (Å²) >= 11 is 3.09. The molecule has 0 saturated heterocycles. The Hall–Kier alpha value is -2.65. The third-order valence-corrected chi connectivity index (χ3v) is 5.32. The first-order valence-corrected chi connectivity index (χ1v) is 9.35. The molecule has 2 amide bonds. The Morgan fingerprint density at radius 1 is 1.12 bits per heavy atom. The van der Waals surface area contributed by atoms with E-state index in [9.17, 15) is 14.4 Å². The molecule has 0 aliphatic rings. The van der Waals surface area contributed by atoms with Crippen molar-refractivity contribution in [2.24, 2.45) is 0 Å². The van der Waals surface area contributed by atoms with Crippen molar-refractivity contribution in [2.75, 3.05) is 5.75 Å². The molecule has 9 heteroatoms. The minimum absolute atomic E-state index is 0.0433. The summed E-state index contributed by atoms with van der Waals surface area (Å²) in [6.45, 7) is 0. The van der Waals surface area contributed by atoms with Gasteiger partial charge in [0, 0.05) is 16.0 Å². The van der Waals surface area contributed by atoms with Crippen molar-refractivity contribution in [3.63, 3.8) is 0 Å². The normalized spacial score (nSPS) is 10.6. The SMILES string of the molecule is O=C(CSCc1cccs1)NNC(=O)c1n[nH]c(=O)c2ccccc12. The van der Waals surface area contributed by atoms with Gasteiger partial charge in [-0.15, -0.1) is 23.1 Å². The Labute approximate surface area is 150 Å². The Kier molecular flexibility index (Phi) is 5.46. The highest BCUT2D eigenvalue weighted by Gasteiger charge is 2.14. The zero-order chi connectivity index (χ0) is 17.6. The van der Waals surface area contributed by atoms with Crippen LogP contribution in [0.25, 0.3) is 10.8 Å². The molecule has 0 saturated carbocycles. The molecule has 7 nitrogen and oxygen atoms in total. The molecule has 0 spiro atoms.